The van der Waals surface area contributed by atoms with Crippen LogP contribution in [0.5, 0.6) is 0 Å². The van der Waals surface area contributed by atoms with Gasteiger partial charge in [-0.2, -0.15) is 0 Å². The molecule has 1 N–H and O–H groups in total. The van der Waals surface area contributed by atoms with Gasteiger partial charge in [-0.3, -0.25) is 9.36 Å². The summed E-state index contributed by atoms with van der Waals surface area (Å²) in [5, 5.41) is 11.7. The molecule has 7 heteroatoms. The number of carbonyl (C=O) groups is 1. The Balaban J connectivity index is 1.48. The van der Waals surface area contributed by atoms with Crippen molar-refractivity contribution >= 4 is 11.9 Å². The minimum absolute atomic E-state index is 0.0922. The monoisotopic (exact) mass is 361 g/mol. The number of piperidine rings is 1. The first-order valence-corrected chi connectivity index (χ1v) is 10.2. The lowest BCUT2D eigenvalue weighted by Gasteiger charge is -2.33. The summed E-state index contributed by atoms with van der Waals surface area (Å²) in [6.07, 6.45) is 7.24. The van der Waals surface area contributed by atoms with Crippen molar-refractivity contribution in [3.8, 4) is 0 Å². The Hall–Kier alpha value is -1.63. The Kier molecular flexibility index (Phi) is 5.16. The van der Waals surface area contributed by atoms with E-state index in [-0.39, 0.29) is 12.0 Å². The fourth-order valence-electron chi connectivity index (χ4n) is 3.52. The third-order valence-corrected chi connectivity index (χ3v) is 5.32. The summed E-state index contributed by atoms with van der Waals surface area (Å²) in [6, 6.07) is 0.324. The van der Waals surface area contributed by atoms with E-state index in [1.165, 1.54) is 12.8 Å². The number of aromatic nitrogens is 3. The lowest BCUT2D eigenvalue weighted by molar-refractivity contribution is 0.0364. The van der Waals surface area contributed by atoms with Gasteiger partial charge in [0.15, 0.2) is 0 Å². The molecule has 144 valence electrons. The average molecular weight is 361 g/mol. The summed E-state index contributed by atoms with van der Waals surface area (Å²) < 4.78 is 8.12. The van der Waals surface area contributed by atoms with Gasteiger partial charge in [0.05, 0.1) is 6.10 Å². The second-order valence-electron chi connectivity index (χ2n) is 8.56. The van der Waals surface area contributed by atoms with Crippen molar-refractivity contribution in [3.63, 3.8) is 0 Å². The highest BCUT2D eigenvalue weighted by atomic mass is 16.5. The fraction of sp³-hybridized carbons (Fsp3) is 0.842. The molecule has 26 heavy (non-hydrogen) atoms. The van der Waals surface area contributed by atoms with Crippen molar-refractivity contribution in [2.45, 2.75) is 71.1 Å². The molecule has 1 aliphatic heterocycles. The van der Waals surface area contributed by atoms with Gasteiger partial charge in [0, 0.05) is 32.3 Å². The maximum Gasteiger partial charge on any atom is 0.289 e. The molecule has 3 fully saturated rings. The van der Waals surface area contributed by atoms with Crippen molar-refractivity contribution in [1.82, 2.24) is 20.1 Å². The predicted molar refractivity (Wildman–Crippen MR) is 99.3 cm³/mol. The van der Waals surface area contributed by atoms with Gasteiger partial charge in [-0.15, -0.1) is 10.2 Å². The molecule has 7 nitrogen and oxygen atoms in total. The van der Waals surface area contributed by atoms with Crippen LogP contribution >= 0.6 is 0 Å². The second kappa shape index (κ2) is 7.55. The number of hydrogen-bond donors (Lipinski definition) is 1. The van der Waals surface area contributed by atoms with Gasteiger partial charge in [-0.05, 0) is 50.4 Å². The molecule has 3 aliphatic rings. The molecular weight excluding hydrogens is 330 g/mol. The molecule has 0 aromatic carbocycles. The van der Waals surface area contributed by atoms with E-state index in [9.17, 15) is 4.79 Å². The van der Waals surface area contributed by atoms with Crippen molar-refractivity contribution < 1.29 is 9.53 Å². The minimum atomic E-state index is -0.0922. The standard InChI is InChI=1S/C19H31N5O2/c1-13(2)10-24-17(18(25)20-15-7-8-15)21-22-19(24)23-9-3-4-16(11-23)26-12-14-5-6-14/h13-16H,3-12H2,1-2H3,(H,20,25). The lowest BCUT2D eigenvalue weighted by atomic mass is 10.1. The van der Waals surface area contributed by atoms with Crippen LogP contribution in [0.1, 0.15) is 63.0 Å². The summed E-state index contributed by atoms with van der Waals surface area (Å²) >= 11 is 0. The molecule has 0 spiro atoms. The number of nitrogens with zero attached hydrogens (tertiary/aromatic N) is 4. The average Bonchev–Trinajstić information content (AvgIpc) is 3.53. The first-order chi connectivity index (χ1) is 12.6. The van der Waals surface area contributed by atoms with Gasteiger partial charge in [-0.25, -0.2) is 0 Å². The number of hydrogen-bond acceptors (Lipinski definition) is 5. The number of anilines is 1. The third kappa shape index (κ3) is 4.37. The van der Waals surface area contributed by atoms with E-state index in [0.717, 1.165) is 63.8 Å². The van der Waals surface area contributed by atoms with Crippen LogP contribution in [0.2, 0.25) is 0 Å². The summed E-state index contributed by atoms with van der Waals surface area (Å²) in [5.41, 5.74) is 0. The van der Waals surface area contributed by atoms with Crippen molar-refractivity contribution in [3.05, 3.63) is 5.82 Å². The molecule has 0 bridgehead atoms. The van der Waals surface area contributed by atoms with Crippen LogP contribution in [-0.2, 0) is 11.3 Å². The smallest absolute Gasteiger partial charge is 0.289 e. The van der Waals surface area contributed by atoms with Gasteiger partial charge in [0.1, 0.15) is 0 Å². The van der Waals surface area contributed by atoms with Crippen LogP contribution in [0.4, 0.5) is 5.95 Å². The van der Waals surface area contributed by atoms with Gasteiger partial charge in [0.25, 0.3) is 5.91 Å². The van der Waals surface area contributed by atoms with Crippen molar-refractivity contribution in [2.24, 2.45) is 11.8 Å². The Labute approximate surface area is 155 Å². The van der Waals surface area contributed by atoms with Crippen LogP contribution < -0.4 is 10.2 Å². The van der Waals surface area contributed by atoms with E-state index in [4.69, 9.17) is 4.74 Å². The molecule has 0 radical (unpaired) electrons. The fourth-order valence-corrected chi connectivity index (χ4v) is 3.52. The highest BCUT2D eigenvalue weighted by Crippen LogP contribution is 2.30. The van der Waals surface area contributed by atoms with E-state index in [1.54, 1.807) is 0 Å². The highest BCUT2D eigenvalue weighted by molar-refractivity contribution is 5.91. The quantitative estimate of drug-likeness (QED) is 0.769. The third-order valence-electron chi connectivity index (χ3n) is 5.32. The molecule has 2 aliphatic carbocycles. The van der Waals surface area contributed by atoms with Gasteiger partial charge in [-0.1, -0.05) is 13.8 Å². The lowest BCUT2D eigenvalue weighted by Crippen LogP contribution is -2.41. The van der Waals surface area contributed by atoms with Gasteiger partial charge in [0.2, 0.25) is 11.8 Å². The van der Waals surface area contributed by atoms with Crippen molar-refractivity contribution in [1.29, 1.82) is 0 Å². The molecule has 4 rings (SSSR count). The summed E-state index contributed by atoms with van der Waals surface area (Å²) in [6.45, 7) is 7.75. The maximum atomic E-state index is 12.6. The van der Waals surface area contributed by atoms with Crippen LogP contribution in [0, 0.1) is 11.8 Å². The number of nitrogens with one attached hydrogen (secondary N) is 1. The first kappa shape index (κ1) is 17.8. The summed E-state index contributed by atoms with van der Waals surface area (Å²) in [7, 11) is 0. The zero-order chi connectivity index (χ0) is 18.1. The van der Waals surface area contributed by atoms with E-state index in [2.05, 4.69) is 34.3 Å². The molecule has 1 saturated heterocycles. The Morgan fingerprint density at radius 1 is 1.23 bits per heavy atom. The predicted octanol–water partition coefficient (Wildman–Crippen LogP) is 2.22. The van der Waals surface area contributed by atoms with Gasteiger partial charge >= 0.3 is 0 Å². The number of amides is 1. The number of ether oxygens (including phenoxy) is 1. The number of carbonyl (C=O) groups excluding carboxylic acids is 1. The van der Waals surface area contributed by atoms with E-state index < -0.39 is 0 Å². The molecular formula is C19H31N5O2. The zero-order valence-corrected chi connectivity index (χ0v) is 16.0. The Morgan fingerprint density at radius 3 is 2.73 bits per heavy atom. The molecule has 2 heterocycles. The summed E-state index contributed by atoms with van der Waals surface area (Å²) in [5.74, 6) is 2.38. The maximum absolute atomic E-state index is 12.6. The normalized spacial score (nSPS) is 23.5. The largest absolute Gasteiger partial charge is 0.376 e. The molecule has 1 aromatic heterocycles. The topological polar surface area (TPSA) is 72.3 Å². The van der Waals surface area contributed by atoms with Crippen LogP contribution in [0.25, 0.3) is 0 Å². The number of rotatable bonds is 8. The van der Waals surface area contributed by atoms with Crippen molar-refractivity contribution in [2.75, 3.05) is 24.6 Å². The van der Waals surface area contributed by atoms with E-state index in [0.29, 0.717) is 17.8 Å². The highest BCUT2D eigenvalue weighted by Gasteiger charge is 2.31. The molecule has 1 amide bonds. The van der Waals surface area contributed by atoms with E-state index >= 15 is 0 Å². The zero-order valence-electron chi connectivity index (χ0n) is 16.0. The van der Waals surface area contributed by atoms with Crippen LogP contribution in [0.15, 0.2) is 0 Å². The Bertz CT molecular complexity index is 636. The van der Waals surface area contributed by atoms with Crippen LogP contribution in [0.3, 0.4) is 0 Å². The SMILES string of the molecule is CC(C)Cn1c(C(=O)NC2CC2)nnc1N1CCCC(OCC2CC2)C1. The van der Waals surface area contributed by atoms with Crippen LogP contribution in [-0.4, -0.2) is 52.5 Å². The molecule has 2 saturated carbocycles. The second-order valence-corrected chi connectivity index (χ2v) is 8.56. The summed E-state index contributed by atoms with van der Waals surface area (Å²) in [4.78, 5) is 14.8. The Morgan fingerprint density at radius 2 is 2.04 bits per heavy atom. The molecule has 1 aromatic rings. The molecule has 1 atom stereocenters. The molecule has 1 unspecified atom stereocenters. The van der Waals surface area contributed by atoms with E-state index in [1.807, 2.05) is 4.57 Å². The minimum Gasteiger partial charge on any atom is -0.376 e. The van der Waals surface area contributed by atoms with Gasteiger partial charge < -0.3 is 15.0 Å². The first-order valence-electron chi connectivity index (χ1n) is 10.2.